The van der Waals surface area contributed by atoms with Crippen molar-refractivity contribution in [1.29, 1.82) is 0 Å². The molecular formula is C16H13NS. The van der Waals surface area contributed by atoms with E-state index in [0.29, 0.717) is 0 Å². The lowest BCUT2D eigenvalue weighted by molar-refractivity contribution is 1.42. The van der Waals surface area contributed by atoms with Crippen LogP contribution in [-0.4, -0.2) is 3.97 Å². The Labute approximate surface area is 109 Å². The molecular weight excluding hydrogens is 238 g/mol. The van der Waals surface area contributed by atoms with Crippen molar-refractivity contribution in [3.8, 4) is 0 Å². The molecule has 3 aromatic rings. The van der Waals surface area contributed by atoms with Gasteiger partial charge in [0.2, 0.25) is 0 Å². The van der Waals surface area contributed by atoms with Crippen molar-refractivity contribution in [3.63, 3.8) is 0 Å². The molecule has 0 aliphatic carbocycles. The van der Waals surface area contributed by atoms with E-state index in [4.69, 9.17) is 0 Å². The van der Waals surface area contributed by atoms with Gasteiger partial charge in [0.05, 0.1) is 11.0 Å². The van der Waals surface area contributed by atoms with E-state index in [2.05, 4.69) is 75.5 Å². The fraction of sp³-hybridized carbons (Fsp3) is 0. The van der Waals surface area contributed by atoms with Crippen LogP contribution in [0.15, 0.2) is 71.5 Å². The lowest BCUT2D eigenvalue weighted by Gasteiger charge is -2.15. The highest BCUT2D eigenvalue weighted by Crippen LogP contribution is 2.42. The summed E-state index contributed by atoms with van der Waals surface area (Å²) in [7, 11) is 0. The third-order valence-electron chi connectivity index (χ3n) is 3.37. The molecule has 1 aliphatic heterocycles. The quantitative estimate of drug-likeness (QED) is 0.603. The van der Waals surface area contributed by atoms with Gasteiger partial charge in [0.1, 0.15) is 0 Å². The van der Waals surface area contributed by atoms with Gasteiger partial charge in [-0.2, -0.15) is 0 Å². The summed E-state index contributed by atoms with van der Waals surface area (Å²) >= 11 is -0.347. The van der Waals surface area contributed by atoms with Crippen molar-refractivity contribution < 1.29 is 0 Å². The van der Waals surface area contributed by atoms with Gasteiger partial charge in [-0.25, -0.2) is 0 Å². The predicted molar refractivity (Wildman–Crippen MR) is 82.1 cm³/mol. The average Bonchev–Trinajstić information content (AvgIpc) is 3.03. The molecule has 0 saturated carbocycles. The molecule has 2 heterocycles. The molecule has 2 heteroatoms. The Morgan fingerprint density at radius 2 is 1.17 bits per heavy atom. The smallest absolute Gasteiger partial charge is 0.0591 e. The topological polar surface area (TPSA) is 4.93 Å². The summed E-state index contributed by atoms with van der Waals surface area (Å²) in [6.07, 6.45) is 4.30. The highest BCUT2D eigenvalue weighted by Gasteiger charge is 2.12. The van der Waals surface area contributed by atoms with Crippen LogP contribution in [0.1, 0.15) is 0 Å². The van der Waals surface area contributed by atoms with Crippen molar-refractivity contribution in [2.24, 2.45) is 0 Å². The molecule has 4 rings (SSSR count). The number of para-hydroxylation sites is 2. The van der Waals surface area contributed by atoms with Gasteiger partial charge >= 0.3 is 0 Å². The summed E-state index contributed by atoms with van der Waals surface area (Å²) in [4.78, 5) is 0. The van der Waals surface area contributed by atoms with Gasteiger partial charge in [0.15, 0.2) is 0 Å². The minimum Gasteiger partial charge on any atom is -0.297 e. The zero-order chi connectivity index (χ0) is 11.9. The maximum Gasteiger partial charge on any atom is 0.0591 e. The minimum atomic E-state index is -0.347. The molecule has 0 fully saturated rings. The van der Waals surface area contributed by atoms with Crippen molar-refractivity contribution in [2.75, 3.05) is 0 Å². The van der Waals surface area contributed by atoms with Gasteiger partial charge in [-0.3, -0.25) is 3.97 Å². The molecule has 0 unspecified atom stereocenters. The van der Waals surface area contributed by atoms with Gasteiger partial charge in [-0.15, -0.1) is 11.1 Å². The fourth-order valence-electron chi connectivity index (χ4n) is 2.61. The van der Waals surface area contributed by atoms with Gasteiger partial charge < -0.3 is 0 Å². The van der Waals surface area contributed by atoms with E-state index >= 15 is 0 Å². The van der Waals surface area contributed by atoms with Crippen molar-refractivity contribution in [2.45, 2.75) is 0 Å². The van der Waals surface area contributed by atoms with E-state index in [1.54, 1.807) is 0 Å². The Bertz CT molecular complexity index is 730. The maximum absolute atomic E-state index is 2.47. The lowest BCUT2D eigenvalue weighted by atomic mass is 10.2. The SMILES string of the molecule is C1=C[SH](n2c3ccccc3c3ccccc32)C=C1. The molecule has 0 saturated heterocycles. The second kappa shape index (κ2) is 3.79. The Morgan fingerprint density at radius 3 is 1.72 bits per heavy atom. The van der Waals surface area contributed by atoms with Gasteiger partial charge in [0, 0.05) is 10.8 Å². The van der Waals surface area contributed by atoms with Gasteiger partial charge in [0.25, 0.3) is 0 Å². The molecule has 2 aromatic carbocycles. The summed E-state index contributed by atoms with van der Waals surface area (Å²) in [6.45, 7) is 0. The van der Waals surface area contributed by atoms with Crippen molar-refractivity contribution in [1.82, 2.24) is 3.97 Å². The van der Waals surface area contributed by atoms with Crippen LogP contribution < -0.4 is 0 Å². The van der Waals surface area contributed by atoms with Crippen molar-refractivity contribution >= 4 is 32.9 Å². The zero-order valence-electron chi connectivity index (χ0n) is 9.82. The van der Waals surface area contributed by atoms with E-state index < -0.39 is 0 Å². The molecule has 0 bridgehead atoms. The molecule has 0 radical (unpaired) electrons. The number of hydrogen-bond donors (Lipinski definition) is 1. The molecule has 1 aliphatic rings. The number of thiol groups is 1. The van der Waals surface area contributed by atoms with Crippen LogP contribution >= 0.6 is 11.1 Å². The Balaban J connectivity index is 2.20. The second-order valence-corrected chi connectivity index (χ2v) is 6.17. The van der Waals surface area contributed by atoms with Crippen LogP contribution in [0.4, 0.5) is 0 Å². The number of fused-ring (bicyclic) bond motifs is 3. The monoisotopic (exact) mass is 251 g/mol. The molecule has 0 spiro atoms. The molecule has 88 valence electrons. The number of aromatic nitrogens is 1. The third kappa shape index (κ3) is 1.30. The van der Waals surface area contributed by atoms with Crippen LogP contribution in [0.2, 0.25) is 0 Å². The van der Waals surface area contributed by atoms with Crippen LogP contribution in [0.5, 0.6) is 0 Å². The molecule has 18 heavy (non-hydrogen) atoms. The van der Waals surface area contributed by atoms with Crippen LogP contribution in [0.25, 0.3) is 21.8 Å². The maximum atomic E-state index is 2.47. The first-order valence-corrected chi connectivity index (χ1v) is 7.50. The predicted octanol–water partition coefficient (Wildman–Crippen LogP) is 4.60. The summed E-state index contributed by atoms with van der Waals surface area (Å²) < 4.78 is 2.47. The lowest BCUT2D eigenvalue weighted by Crippen LogP contribution is -1.89. The Morgan fingerprint density at radius 1 is 0.667 bits per heavy atom. The summed E-state index contributed by atoms with van der Waals surface area (Å²) in [5.41, 5.74) is 2.67. The molecule has 0 amide bonds. The van der Waals surface area contributed by atoms with Gasteiger partial charge in [-0.05, 0) is 22.9 Å². The molecule has 1 nitrogen and oxygen atoms in total. The normalized spacial score (nSPS) is 16.1. The molecule has 0 N–H and O–H groups in total. The largest absolute Gasteiger partial charge is 0.297 e. The Kier molecular flexibility index (Phi) is 2.11. The van der Waals surface area contributed by atoms with E-state index in [9.17, 15) is 0 Å². The second-order valence-electron chi connectivity index (χ2n) is 4.41. The average molecular weight is 251 g/mol. The first kappa shape index (κ1) is 10.0. The van der Waals surface area contributed by atoms with E-state index in [1.165, 1.54) is 21.8 Å². The fourth-order valence-corrected chi connectivity index (χ4v) is 4.37. The standard InChI is InChI=1S/C16H13NS/c1-3-9-15-13(7-1)14-8-2-4-10-16(14)17(15)18-11-5-6-12-18/h1-12,18H. The van der Waals surface area contributed by atoms with E-state index in [-0.39, 0.29) is 11.1 Å². The highest BCUT2D eigenvalue weighted by molar-refractivity contribution is 8.21. The summed E-state index contributed by atoms with van der Waals surface area (Å²) in [5.74, 6) is 0. The van der Waals surface area contributed by atoms with Crippen molar-refractivity contribution in [3.05, 3.63) is 71.5 Å². The number of allylic oxidation sites excluding steroid dienone is 2. The van der Waals surface area contributed by atoms with Crippen LogP contribution in [-0.2, 0) is 0 Å². The van der Waals surface area contributed by atoms with Crippen LogP contribution in [0.3, 0.4) is 0 Å². The summed E-state index contributed by atoms with van der Waals surface area (Å²) in [5, 5.41) is 7.30. The number of hydrogen-bond acceptors (Lipinski definition) is 0. The molecule has 0 atom stereocenters. The van der Waals surface area contributed by atoms with Crippen LogP contribution in [0, 0.1) is 0 Å². The first-order chi connectivity index (χ1) is 8.95. The highest BCUT2D eigenvalue weighted by atomic mass is 32.2. The first-order valence-electron chi connectivity index (χ1n) is 6.07. The number of rotatable bonds is 1. The minimum absolute atomic E-state index is 0.347. The Hall–Kier alpha value is -1.93. The van der Waals surface area contributed by atoms with Gasteiger partial charge in [-0.1, -0.05) is 48.6 Å². The van der Waals surface area contributed by atoms with E-state index in [1.807, 2.05) is 0 Å². The van der Waals surface area contributed by atoms with E-state index in [0.717, 1.165) is 0 Å². The number of nitrogens with zero attached hydrogens (tertiary/aromatic N) is 1. The third-order valence-corrected chi connectivity index (χ3v) is 5.22. The zero-order valence-corrected chi connectivity index (χ0v) is 10.7. The number of benzene rings is 2. The summed E-state index contributed by atoms with van der Waals surface area (Å²) in [6, 6.07) is 17.3. The molecule has 1 aromatic heterocycles.